The van der Waals surface area contributed by atoms with Crippen LogP contribution in [0.1, 0.15) is 22.8 Å². The maximum Gasteiger partial charge on any atom is 0.341 e. The van der Waals surface area contributed by atoms with Gasteiger partial charge < -0.3 is 9.84 Å². The van der Waals surface area contributed by atoms with Crippen molar-refractivity contribution in [2.75, 3.05) is 6.61 Å². The molecule has 0 radical (unpaired) electrons. The van der Waals surface area contributed by atoms with Gasteiger partial charge in [0.2, 0.25) is 0 Å². The zero-order valence-electron chi connectivity index (χ0n) is 12.1. The molecular formula is C16H15N3O3. The summed E-state index contributed by atoms with van der Waals surface area (Å²) in [6, 6.07) is 9.88. The van der Waals surface area contributed by atoms with Gasteiger partial charge in [0.05, 0.1) is 24.7 Å². The van der Waals surface area contributed by atoms with Crippen molar-refractivity contribution >= 4 is 17.0 Å². The lowest BCUT2D eigenvalue weighted by atomic mass is 10.2. The van der Waals surface area contributed by atoms with E-state index in [0.29, 0.717) is 29.9 Å². The smallest absolute Gasteiger partial charge is 0.341 e. The summed E-state index contributed by atoms with van der Waals surface area (Å²) in [5, 5.41) is 14.2. The third kappa shape index (κ3) is 2.50. The van der Waals surface area contributed by atoms with Crippen LogP contribution >= 0.6 is 0 Å². The quantitative estimate of drug-likeness (QED) is 0.783. The fourth-order valence-electron chi connectivity index (χ4n) is 2.33. The number of hydrogen-bond acceptors (Lipinski definition) is 4. The van der Waals surface area contributed by atoms with Crippen LogP contribution in [0.2, 0.25) is 0 Å². The predicted octanol–water partition coefficient (Wildman–Crippen LogP) is 2.58. The first-order valence-corrected chi connectivity index (χ1v) is 6.95. The number of aromatic carboxylic acids is 1. The van der Waals surface area contributed by atoms with E-state index in [-0.39, 0.29) is 5.56 Å². The number of nitrogens with zero attached hydrogens (tertiary/aromatic N) is 3. The van der Waals surface area contributed by atoms with Gasteiger partial charge in [0.15, 0.2) is 5.65 Å². The fourth-order valence-corrected chi connectivity index (χ4v) is 2.33. The molecule has 6 nitrogen and oxygen atoms in total. The van der Waals surface area contributed by atoms with Crippen molar-refractivity contribution in [2.45, 2.75) is 13.5 Å². The molecule has 0 amide bonds. The summed E-state index contributed by atoms with van der Waals surface area (Å²) >= 11 is 0. The molecule has 0 saturated carbocycles. The summed E-state index contributed by atoms with van der Waals surface area (Å²) in [4.78, 5) is 15.5. The highest BCUT2D eigenvalue weighted by Gasteiger charge is 2.18. The van der Waals surface area contributed by atoms with Gasteiger partial charge in [-0.15, -0.1) is 0 Å². The lowest BCUT2D eigenvalue weighted by molar-refractivity contribution is 0.0692. The van der Waals surface area contributed by atoms with E-state index in [1.807, 2.05) is 37.3 Å². The average molecular weight is 297 g/mol. The summed E-state index contributed by atoms with van der Waals surface area (Å²) in [6.07, 6.45) is 2.92. The predicted molar refractivity (Wildman–Crippen MR) is 81.2 cm³/mol. The van der Waals surface area contributed by atoms with Gasteiger partial charge in [0, 0.05) is 6.20 Å². The minimum atomic E-state index is -1.06. The highest BCUT2D eigenvalue weighted by Crippen LogP contribution is 2.28. The average Bonchev–Trinajstić information content (AvgIpc) is 2.92. The Morgan fingerprint density at radius 1 is 1.27 bits per heavy atom. The Kier molecular flexibility index (Phi) is 3.74. The minimum Gasteiger partial charge on any atom is -0.492 e. The van der Waals surface area contributed by atoms with Gasteiger partial charge in [-0.05, 0) is 12.5 Å². The van der Waals surface area contributed by atoms with E-state index in [1.165, 1.54) is 6.20 Å². The first-order chi connectivity index (χ1) is 10.7. The van der Waals surface area contributed by atoms with Crippen LogP contribution in [-0.4, -0.2) is 32.4 Å². The van der Waals surface area contributed by atoms with Gasteiger partial charge in [0.1, 0.15) is 11.3 Å². The fraction of sp³-hybridized carbons (Fsp3) is 0.188. The second-order valence-electron chi connectivity index (χ2n) is 4.76. The zero-order valence-corrected chi connectivity index (χ0v) is 12.1. The molecule has 0 aliphatic heterocycles. The van der Waals surface area contributed by atoms with Gasteiger partial charge in [0.25, 0.3) is 0 Å². The minimum absolute atomic E-state index is 0.0496. The second-order valence-corrected chi connectivity index (χ2v) is 4.76. The molecule has 1 N–H and O–H groups in total. The van der Waals surface area contributed by atoms with Crippen molar-refractivity contribution in [3.63, 3.8) is 0 Å². The topological polar surface area (TPSA) is 77.2 Å². The van der Waals surface area contributed by atoms with E-state index in [1.54, 1.807) is 10.9 Å². The van der Waals surface area contributed by atoms with E-state index < -0.39 is 5.97 Å². The third-order valence-corrected chi connectivity index (χ3v) is 3.31. The highest BCUT2D eigenvalue weighted by molar-refractivity contribution is 5.97. The van der Waals surface area contributed by atoms with Crippen molar-refractivity contribution < 1.29 is 14.6 Å². The van der Waals surface area contributed by atoms with Crippen molar-refractivity contribution in [1.82, 2.24) is 14.8 Å². The second kappa shape index (κ2) is 5.85. The zero-order chi connectivity index (χ0) is 15.5. The number of rotatable bonds is 5. The Morgan fingerprint density at radius 3 is 2.73 bits per heavy atom. The van der Waals surface area contributed by atoms with Crippen molar-refractivity contribution in [3.8, 4) is 5.75 Å². The van der Waals surface area contributed by atoms with Gasteiger partial charge in [-0.1, -0.05) is 30.3 Å². The molecule has 112 valence electrons. The standard InChI is InChI=1S/C16H15N3O3/c1-2-22-14-12-9-18-19(10-11-6-4-3-5-7-11)15(12)17-8-13(14)16(20)21/h3-9H,2,10H2,1H3,(H,20,21). The molecule has 0 saturated heterocycles. The molecule has 3 rings (SSSR count). The Morgan fingerprint density at radius 2 is 2.05 bits per heavy atom. The lowest BCUT2D eigenvalue weighted by Gasteiger charge is -2.08. The molecule has 0 fully saturated rings. The molecule has 22 heavy (non-hydrogen) atoms. The van der Waals surface area contributed by atoms with E-state index >= 15 is 0 Å². The number of aromatic nitrogens is 3. The summed E-state index contributed by atoms with van der Waals surface area (Å²) in [5.41, 5.74) is 1.75. The van der Waals surface area contributed by atoms with Crippen molar-refractivity contribution in [2.24, 2.45) is 0 Å². The van der Waals surface area contributed by atoms with Crippen LogP contribution in [0.25, 0.3) is 11.0 Å². The number of carbonyl (C=O) groups is 1. The largest absolute Gasteiger partial charge is 0.492 e. The van der Waals surface area contributed by atoms with Crippen LogP contribution in [-0.2, 0) is 6.54 Å². The Balaban J connectivity index is 2.08. The number of fused-ring (bicyclic) bond motifs is 1. The van der Waals surface area contributed by atoms with E-state index in [0.717, 1.165) is 5.56 Å². The monoisotopic (exact) mass is 297 g/mol. The van der Waals surface area contributed by atoms with Crippen LogP contribution in [0.5, 0.6) is 5.75 Å². The molecule has 0 aliphatic rings. The highest BCUT2D eigenvalue weighted by atomic mass is 16.5. The van der Waals surface area contributed by atoms with Gasteiger partial charge in [-0.3, -0.25) is 0 Å². The molecule has 0 unspecified atom stereocenters. The number of carboxylic acids is 1. The molecule has 1 aromatic carbocycles. The SMILES string of the molecule is CCOc1c(C(=O)O)cnc2c1cnn2Cc1ccccc1. The first-order valence-electron chi connectivity index (χ1n) is 6.95. The van der Waals surface area contributed by atoms with Gasteiger partial charge in [-0.25, -0.2) is 14.5 Å². The molecule has 6 heteroatoms. The van der Waals surface area contributed by atoms with E-state index in [2.05, 4.69) is 10.1 Å². The molecule has 0 spiro atoms. The molecular weight excluding hydrogens is 282 g/mol. The molecule has 2 heterocycles. The summed E-state index contributed by atoms with van der Waals surface area (Å²) in [7, 11) is 0. The first kappa shape index (κ1) is 14.1. The summed E-state index contributed by atoms with van der Waals surface area (Å²) < 4.78 is 7.24. The molecule has 0 atom stereocenters. The number of carboxylic acid groups (broad SMARTS) is 1. The Labute approximate surface area is 127 Å². The Bertz CT molecular complexity index is 812. The molecule has 0 bridgehead atoms. The van der Waals surface area contributed by atoms with Crippen LogP contribution in [0.4, 0.5) is 0 Å². The number of hydrogen-bond donors (Lipinski definition) is 1. The van der Waals surface area contributed by atoms with Crippen molar-refractivity contribution in [1.29, 1.82) is 0 Å². The maximum absolute atomic E-state index is 11.3. The van der Waals surface area contributed by atoms with E-state index in [4.69, 9.17) is 4.74 Å². The van der Waals surface area contributed by atoms with Crippen LogP contribution < -0.4 is 4.74 Å². The lowest BCUT2D eigenvalue weighted by Crippen LogP contribution is -2.06. The molecule has 3 aromatic rings. The van der Waals surface area contributed by atoms with Gasteiger partial charge >= 0.3 is 5.97 Å². The third-order valence-electron chi connectivity index (χ3n) is 3.31. The molecule has 2 aromatic heterocycles. The maximum atomic E-state index is 11.3. The number of pyridine rings is 1. The normalized spacial score (nSPS) is 10.8. The van der Waals surface area contributed by atoms with E-state index in [9.17, 15) is 9.90 Å². The summed E-state index contributed by atoms with van der Waals surface area (Å²) in [6.45, 7) is 2.75. The number of ether oxygens (including phenoxy) is 1. The Hall–Kier alpha value is -2.89. The van der Waals surface area contributed by atoms with Crippen LogP contribution in [0.15, 0.2) is 42.7 Å². The summed E-state index contributed by atoms with van der Waals surface area (Å²) in [5.74, 6) is -0.743. The molecule has 0 aliphatic carbocycles. The number of benzene rings is 1. The van der Waals surface area contributed by atoms with Crippen LogP contribution in [0, 0.1) is 0 Å². The van der Waals surface area contributed by atoms with Crippen LogP contribution in [0.3, 0.4) is 0 Å². The van der Waals surface area contributed by atoms with Crippen molar-refractivity contribution in [3.05, 3.63) is 53.9 Å². The van der Waals surface area contributed by atoms with Gasteiger partial charge in [-0.2, -0.15) is 5.10 Å².